The fourth-order valence-corrected chi connectivity index (χ4v) is 3.06. The van der Waals surface area contributed by atoms with Crippen molar-refractivity contribution in [3.05, 3.63) is 70.8 Å². The molecule has 1 atom stereocenters. The van der Waals surface area contributed by atoms with E-state index in [2.05, 4.69) is 6.07 Å². The minimum absolute atomic E-state index is 0.191. The number of nitrogens with zero attached hydrogens (tertiary/aromatic N) is 3. The third-order valence-electron chi connectivity index (χ3n) is 4.54. The van der Waals surface area contributed by atoms with Gasteiger partial charge < -0.3 is 4.90 Å². The number of hydrogen-bond donors (Lipinski definition) is 0. The zero-order chi connectivity index (χ0) is 19.6. The Hall–Kier alpha value is -2.92. The maximum Gasteiger partial charge on any atom is 0.257 e. The summed E-state index contributed by atoms with van der Waals surface area (Å²) in [4.78, 5) is 15.6. The number of benzene rings is 2. The highest BCUT2D eigenvalue weighted by Crippen LogP contribution is 2.23. The molecule has 0 aromatic heterocycles. The van der Waals surface area contributed by atoms with Crippen molar-refractivity contribution < 1.29 is 22.4 Å². The fourth-order valence-electron chi connectivity index (χ4n) is 3.06. The number of nitriles is 1. The molecule has 2 aromatic carbocycles. The lowest BCUT2D eigenvalue weighted by Gasteiger charge is -2.37. The molecule has 0 radical (unpaired) electrons. The molecular weight excluding hydrogens is 362 g/mol. The van der Waals surface area contributed by atoms with E-state index in [0.717, 1.165) is 6.07 Å². The molecule has 1 saturated heterocycles. The van der Waals surface area contributed by atoms with Crippen molar-refractivity contribution in [3.8, 4) is 6.07 Å². The highest BCUT2D eigenvalue weighted by Gasteiger charge is 2.29. The van der Waals surface area contributed by atoms with Gasteiger partial charge >= 0.3 is 0 Å². The van der Waals surface area contributed by atoms with E-state index in [0.29, 0.717) is 24.7 Å². The Kier molecular flexibility index (Phi) is 5.42. The van der Waals surface area contributed by atoms with Crippen LogP contribution in [-0.4, -0.2) is 41.9 Å². The first-order valence-corrected chi connectivity index (χ1v) is 8.24. The third-order valence-corrected chi connectivity index (χ3v) is 4.54. The molecule has 1 amide bonds. The molecule has 0 bridgehead atoms. The molecule has 140 valence electrons. The zero-order valence-electron chi connectivity index (χ0n) is 14.1. The van der Waals surface area contributed by atoms with Gasteiger partial charge in [-0.05, 0) is 29.8 Å². The summed E-state index contributed by atoms with van der Waals surface area (Å²) in [5, 5.41) is 9.45. The number of carbonyl (C=O) groups is 1. The van der Waals surface area contributed by atoms with Gasteiger partial charge in [-0.25, -0.2) is 17.6 Å². The van der Waals surface area contributed by atoms with Gasteiger partial charge in [0.25, 0.3) is 5.91 Å². The van der Waals surface area contributed by atoms with Crippen molar-refractivity contribution in [1.82, 2.24) is 9.80 Å². The quantitative estimate of drug-likeness (QED) is 0.609. The molecule has 1 fully saturated rings. The van der Waals surface area contributed by atoms with E-state index in [-0.39, 0.29) is 13.1 Å². The largest absolute Gasteiger partial charge is 0.336 e. The molecular formula is C19H15F4N3O. The second-order valence-electron chi connectivity index (χ2n) is 6.13. The highest BCUT2D eigenvalue weighted by atomic mass is 19.2. The molecule has 8 heteroatoms. The Bertz CT molecular complexity index is 887. The van der Waals surface area contributed by atoms with E-state index < -0.39 is 40.8 Å². The summed E-state index contributed by atoms with van der Waals surface area (Å²) in [6.07, 6.45) is 0. The first kappa shape index (κ1) is 18.9. The maximum absolute atomic E-state index is 13.8. The lowest BCUT2D eigenvalue weighted by Crippen LogP contribution is -2.49. The topological polar surface area (TPSA) is 47.3 Å². The standard InChI is InChI=1S/C19H15F4N3O/c20-13-3-1-12(2-4-13)16(11-24)25-7-9-26(10-8-25)19(27)14-5-6-15(21)18(23)17(14)22/h1-6,16H,7-10H2. The van der Waals surface area contributed by atoms with Crippen LogP contribution >= 0.6 is 0 Å². The molecule has 1 aliphatic rings. The van der Waals surface area contributed by atoms with Crippen LogP contribution in [0.5, 0.6) is 0 Å². The van der Waals surface area contributed by atoms with Gasteiger partial charge in [0.05, 0.1) is 11.6 Å². The molecule has 4 nitrogen and oxygen atoms in total. The van der Waals surface area contributed by atoms with Gasteiger partial charge in [0.1, 0.15) is 11.9 Å². The van der Waals surface area contributed by atoms with Gasteiger partial charge in [-0.15, -0.1) is 0 Å². The van der Waals surface area contributed by atoms with Crippen LogP contribution in [0.4, 0.5) is 17.6 Å². The maximum atomic E-state index is 13.8. The normalized spacial score (nSPS) is 16.0. The van der Waals surface area contributed by atoms with Gasteiger partial charge in [-0.3, -0.25) is 9.69 Å². The molecule has 3 rings (SSSR count). The minimum Gasteiger partial charge on any atom is -0.336 e. The van der Waals surface area contributed by atoms with Gasteiger partial charge in [-0.1, -0.05) is 12.1 Å². The lowest BCUT2D eigenvalue weighted by atomic mass is 10.1. The van der Waals surface area contributed by atoms with Crippen LogP contribution in [-0.2, 0) is 0 Å². The monoisotopic (exact) mass is 377 g/mol. The van der Waals surface area contributed by atoms with Crippen LogP contribution in [0.3, 0.4) is 0 Å². The van der Waals surface area contributed by atoms with E-state index >= 15 is 0 Å². The number of amides is 1. The summed E-state index contributed by atoms with van der Waals surface area (Å²) < 4.78 is 53.3. The summed E-state index contributed by atoms with van der Waals surface area (Å²) >= 11 is 0. The van der Waals surface area contributed by atoms with E-state index in [9.17, 15) is 27.6 Å². The van der Waals surface area contributed by atoms with Gasteiger partial charge in [0, 0.05) is 26.2 Å². The predicted octanol–water partition coefficient (Wildman–Crippen LogP) is 3.27. The Balaban J connectivity index is 1.69. The summed E-state index contributed by atoms with van der Waals surface area (Å²) in [5.74, 6) is -5.69. The Morgan fingerprint density at radius 3 is 2.15 bits per heavy atom. The molecule has 0 spiro atoms. The van der Waals surface area contributed by atoms with Crippen LogP contribution in [0.15, 0.2) is 36.4 Å². The molecule has 2 aromatic rings. The van der Waals surface area contributed by atoms with Crippen molar-refractivity contribution in [2.24, 2.45) is 0 Å². The van der Waals surface area contributed by atoms with E-state index in [1.54, 1.807) is 0 Å². The van der Waals surface area contributed by atoms with Crippen LogP contribution in [0, 0.1) is 34.6 Å². The van der Waals surface area contributed by atoms with Crippen LogP contribution < -0.4 is 0 Å². The molecule has 0 aliphatic carbocycles. The lowest BCUT2D eigenvalue weighted by molar-refractivity contribution is 0.0600. The summed E-state index contributed by atoms with van der Waals surface area (Å²) in [7, 11) is 0. The Morgan fingerprint density at radius 2 is 1.56 bits per heavy atom. The third kappa shape index (κ3) is 3.78. The summed E-state index contributed by atoms with van der Waals surface area (Å²) in [6, 6.07) is 8.76. The number of halogens is 4. The van der Waals surface area contributed by atoms with Gasteiger partial charge in [0.2, 0.25) is 0 Å². The van der Waals surface area contributed by atoms with Crippen molar-refractivity contribution >= 4 is 5.91 Å². The Morgan fingerprint density at radius 1 is 0.926 bits per heavy atom. The average Bonchev–Trinajstić information content (AvgIpc) is 2.68. The average molecular weight is 377 g/mol. The second-order valence-corrected chi connectivity index (χ2v) is 6.13. The second kappa shape index (κ2) is 7.76. The fraction of sp³-hybridized carbons (Fsp3) is 0.263. The van der Waals surface area contributed by atoms with E-state index in [1.165, 1.54) is 29.2 Å². The molecule has 1 aliphatic heterocycles. The minimum atomic E-state index is -1.68. The van der Waals surface area contributed by atoms with Crippen molar-refractivity contribution in [2.75, 3.05) is 26.2 Å². The molecule has 0 saturated carbocycles. The smallest absolute Gasteiger partial charge is 0.257 e. The molecule has 1 heterocycles. The predicted molar refractivity (Wildman–Crippen MR) is 88.5 cm³/mol. The van der Waals surface area contributed by atoms with Crippen LogP contribution in [0.1, 0.15) is 22.0 Å². The Labute approximate surface area is 153 Å². The van der Waals surface area contributed by atoms with E-state index in [4.69, 9.17) is 0 Å². The molecule has 1 unspecified atom stereocenters. The SMILES string of the molecule is N#CC(c1ccc(F)cc1)N1CCN(C(=O)c2ccc(F)c(F)c2F)CC1. The number of carbonyl (C=O) groups excluding carboxylic acids is 1. The van der Waals surface area contributed by atoms with E-state index in [1.807, 2.05) is 4.90 Å². The van der Waals surface area contributed by atoms with Crippen molar-refractivity contribution in [1.29, 1.82) is 5.26 Å². The van der Waals surface area contributed by atoms with Crippen LogP contribution in [0.25, 0.3) is 0 Å². The first-order valence-electron chi connectivity index (χ1n) is 8.24. The number of rotatable bonds is 3. The summed E-state index contributed by atoms with van der Waals surface area (Å²) in [5.41, 5.74) is 0.100. The van der Waals surface area contributed by atoms with Crippen molar-refractivity contribution in [3.63, 3.8) is 0 Å². The zero-order valence-corrected chi connectivity index (χ0v) is 14.1. The van der Waals surface area contributed by atoms with Crippen molar-refractivity contribution in [2.45, 2.75) is 6.04 Å². The molecule has 0 N–H and O–H groups in total. The highest BCUT2D eigenvalue weighted by molar-refractivity contribution is 5.94. The number of piperazine rings is 1. The number of hydrogen-bond acceptors (Lipinski definition) is 3. The van der Waals surface area contributed by atoms with Gasteiger partial charge in [0.15, 0.2) is 17.5 Å². The first-order chi connectivity index (χ1) is 12.9. The molecule has 27 heavy (non-hydrogen) atoms. The summed E-state index contributed by atoms with van der Waals surface area (Å²) in [6.45, 7) is 1.03. The van der Waals surface area contributed by atoms with Gasteiger partial charge in [-0.2, -0.15) is 5.26 Å². The van der Waals surface area contributed by atoms with Crippen LogP contribution in [0.2, 0.25) is 0 Å².